The Bertz CT molecular complexity index is 526. The average Bonchev–Trinajstić information content (AvgIpc) is 2.67. The zero-order valence-corrected chi connectivity index (χ0v) is 17.1. The van der Waals surface area contributed by atoms with Crippen LogP contribution in [0.3, 0.4) is 0 Å². The number of nitrogens with zero attached hydrogens (tertiary/aromatic N) is 4. The van der Waals surface area contributed by atoms with Crippen molar-refractivity contribution in [1.29, 1.82) is 0 Å². The average molecular weight is 404 g/mol. The van der Waals surface area contributed by atoms with E-state index in [0.29, 0.717) is 18.4 Å². The molecule has 3 rings (SSSR count). The molecule has 3 heterocycles. The van der Waals surface area contributed by atoms with Crippen LogP contribution in [0.4, 0.5) is 5.82 Å². The summed E-state index contributed by atoms with van der Waals surface area (Å²) in [5, 5.41) is 3.36. The highest BCUT2D eigenvalue weighted by molar-refractivity contribution is 5.85. The standard InChI is InChI=1S/C18H29N5O.2ClH/c1-19-16-5-4-9-21(15-16)10-7-18(24)23-13-11-22(12-14-23)17-6-2-3-8-20-17;;/h2-3,6,8,16,19H,4-5,7,9-15H2,1H3;2*1H. The third-order valence-corrected chi connectivity index (χ3v) is 5.16. The van der Waals surface area contributed by atoms with Gasteiger partial charge in [0.2, 0.25) is 5.91 Å². The summed E-state index contributed by atoms with van der Waals surface area (Å²) in [5.41, 5.74) is 0. The fourth-order valence-electron chi connectivity index (χ4n) is 3.63. The van der Waals surface area contributed by atoms with E-state index in [0.717, 1.165) is 51.6 Å². The lowest BCUT2D eigenvalue weighted by molar-refractivity contribution is -0.131. The number of likely N-dealkylation sites (tertiary alicyclic amines) is 1. The molecule has 0 aliphatic carbocycles. The summed E-state index contributed by atoms with van der Waals surface area (Å²) in [6.45, 7) is 6.42. The van der Waals surface area contributed by atoms with E-state index in [1.807, 2.05) is 36.3 Å². The maximum Gasteiger partial charge on any atom is 0.223 e. The van der Waals surface area contributed by atoms with Crippen molar-refractivity contribution in [3.63, 3.8) is 0 Å². The zero-order chi connectivity index (χ0) is 16.8. The van der Waals surface area contributed by atoms with Crippen LogP contribution in [0.5, 0.6) is 0 Å². The van der Waals surface area contributed by atoms with Gasteiger partial charge in [-0.2, -0.15) is 0 Å². The molecule has 2 aliphatic heterocycles. The first-order valence-corrected chi connectivity index (χ1v) is 9.09. The minimum atomic E-state index is 0. The van der Waals surface area contributed by atoms with Crippen molar-refractivity contribution in [3.8, 4) is 0 Å². The molecule has 0 saturated carbocycles. The minimum absolute atomic E-state index is 0. The van der Waals surface area contributed by atoms with E-state index in [-0.39, 0.29) is 24.8 Å². The number of likely N-dealkylation sites (N-methyl/N-ethyl adjacent to an activating group) is 1. The molecule has 1 aromatic heterocycles. The van der Waals surface area contributed by atoms with Crippen molar-refractivity contribution >= 4 is 36.5 Å². The Hall–Kier alpha value is -1.08. The topological polar surface area (TPSA) is 51.7 Å². The molecule has 1 N–H and O–H groups in total. The molecule has 2 fully saturated rings. The molecule has 0 bridgehead atoms. The van der Waals surface area contributed by atoms with Gasteiger partial charge in [-0.3, -0.25) is 4.79 Å². The number of anilines is 1. The molecule has 1 aromatic rings. The second kappa shape index (κ2) is 11.6. The predicted octanol–water partition coefficient (Wildman–Crippen LogP) is 1.65. The fraction of sp³-hybridized carbons (Fsp3) is 0.667. The lowest BCUT2D eigenvalue weighted by atomic mass is 10.1. The molecule has 8 heteroatoms. The van der Waals surface area contributed by atoms with Gasteiger partial charge in [0.1, 0.15) is 5.82 Å². The Balaban J connectivity index is 0.00000169. The molecule has 1 amide bonds. The zero-order valence-electron chi connectivity index (χ0n) is 15.5. The highest BCUT2D eigenvalue weighted by atomic mass is 35.5. The minimum Gasteiger partial charge on any atom is -0.353 e. The molecule has 0 aromatic carbocycles. The third-order valence-electron chi connectivity index (χ3n) is 5.16. The van der Waals surface area contributed by atoms with Crippen LogP contribution in [-0.4, -0.2) is 79.6 Å². The molecule has 148 valence electrons. The van der Waals surface area contributed by atoms with Crippen molar-refractivity contribution < 1.29 is 4.79 Å². The smallest absolute Gasteiger partial charge is 0.223 e. The molecular weight excluding hydrogens is 373 g/mol. The van der Waals surface area contributed by atoms with E-state index in [2.05, 4.69) is 20.1 Å². The SMILES string of the molecule is CNC1CCCN(CCC(=O)N2CCN(c3ccccn3)CC2)C1.Cl.Cl. The largest absolute Gasteiger partial charge is 0.353 e. The van der Waals surface area contributed by atoms with Crippen LogP contribution in [0.25, 0.3) is 0 Å². The lowest BCUT2D eigenvalue weighted by Crippen LogP contribution is -2.50. The van der Waals surface area contributed by atoms with Gasteiger partial charge in [-0.15, -0.1) is 24.8 Å². The number of rotatable bonds is 5. The second-order valence-electron chi connectivity index (χ2n) is 6.73. The number of hydrogen-bond acceptors (Lipinski definition) is 5. The number of hydrogen-bond donors (Lipinski definition) is 1. The number of carbonyl (C=O) groups excluding carboxylic acids is 1. The molecule has 6 nitrogen and oxygen atoms in total. The first-order valence-electron chi connectivity index (χ1n) is 9.09. The summed E-state index contributed by atoms with van der Waals surface area (Å²) in [6, 6.07) is 6.56. The van der Waals surface area contributed by atoms with Gasteiger partial charge in [0, 0.05) is 57.9 Å². The van der Waals surface area contributed by atoms with Crippen molar-refractivity contribution in [1.82, 2.24) is 20.1 Å². The van der Waals surface area contributed by atoms with Crippen LogP contribution in [0, 0.1) is 0 Å². The number of piperazine rings is 1. The molecule has 1 unspecified atom stereocenters. The summed E-state index contributed by atoms with van der Waals surface area (Å²) in [6.07, 6.45) is 4.93. The van der Waals surface area contributed by atoms with E-state index < -0.39 is 0 Å². The number of aromatic nitrogens is 1. The van der Waals surface area contributed by atoms with Crippen LogP contribution >= 0.6 is 24.8 Å². The van der Waals surface area contributed by atoms with Crippen LogP contribution < -0.4 is 10.2 Å². The summed E-state index contributed by atoms with van der Waals surface area (Å²) in [4.78, 5) is 23.6. The van der Waals surface area contributed by atoms with Crippen LogP contribution in [0.1, 0.15) is 19.3 Å². The maximum atomic E-state index is 12.5. The van der Waals surface area contributed by atoms with Crippen LogP contribution in [0.2, 0.25) is 0 Å². The highest BCUT2D eigenvalue weighted by Gasteiger charge is 2.23. The quantitative estimate of drug-likeness (QED) is 0.809. The van der Waals surface area contributed by atoms with Crippen molar-refractivity contribution in [2.24, 2.45) is 0 Å². The summed E-state index contributed by atoms with van der Waals surface area (Å²) < 4.78 is 0. The van der Waals surface area contributed by atoms with Crippen molar-refractivity contribution in [2.45, 2.75) is 25.3 Å². The Kier molecular flexibility index (Phi) is 10.2. The molecule has 2 saturated heterocycles. The first kappa shape index (κ1) is 23.0. The van der Waals surface area contributed by atoms with E-state index in [4.69, 9.17) is 0 Å². The molecule has 0 spiro atoms. The van der Waals surface area contributed by atoms with Crippen LogP contribution in [0.15, 0.2) is 24.4 Å². The Morgan fingerprint density at radius 2 is 1.96 bits per heavy atom. The van der Waals surface area contributed by atoms with Crippen molar-refractivity contribution in [2.75, 3.05) is 57.8 Å². The summed E-state index contributed by atoms with van der Waals surface area (Å²) in [7, 11) is 2.03. The normalized spacial score (nSPS) is 20.9. The number of amides is 1. The van der Waals surface area contributed by atoms with E-state index >= 15 is 0 Å². The Morgan fingerprint density at radius 1 is 1.19 bits per heavy atom. The number of nitrogens with one attached hydrogen (secondary N) is 1. The van der Waals surface area contributed by atoms with Gasteiger partial charge < -0.3 is 20.0 Å². The fourth-order valence-corrected chi connectivity index (χ4v) is 3.63. The number of carbonyl (C=O) groups is 1. The summed E-state index contributed by atoms with van der Waals surface area (Å²) >= 11 is 0. The molecule has 26 heavy (non-hydrogen) atoms. The predicted molar refractivity (Wildman–Crippen MR) is 111 cm³/mol. The van der Waals surface area contributed by atoms with Gasteiger partial charge in [-0.25, -0.2) is 4.98 Å². The summed E-state index contributed by atoms with van der Waals surface area (Å²) in [5.74, 6) is 1.30. The third kappa shape index (κ3) is 6.27. The van der Waals surface area contributed by atoms with E-state index in [1.165, 1.54) is 12.8 Å². The van der Waals surface area contributed by atoms with Crippen LogP contribution in [-0.2, 0) is 4.79 Å². The number of halogens is 2. The van der Waals surface area contributed by atoms with E-state index in [9.17, 15) is 4.79 Å². The van der Waals surface area contributed by atoms with Gasteiger partial charge >= 0.3 is 0 Å². The maximum absolute atomic E-state index is 12.5. The van der Waals surface area contributed by atoms with Gasteiger partial charge in [-0.1, -0.05) is 6.07 Å². The number of piperidine rings is 1. The van der Waals surface area contributed by atoms with Crippen molar-refractivity contribution in [3.05, 3.63) is 24.4 Å². The Labute approximate surface area is 169 Å². The molecule has 1 atom stereocenters. The second-order valence-corrected chi connectivity index (χ2v) is 6.73. The monoisotopic (exact) mass is 403 g/mol. The lowest BCUT2D eigenvalue weighted by Gasteiger charge is -2.36. The van der Waals surface area contributed by atoms with Gasteiger partial charge in [-0.05, 0) is 38.6 Å². The highest BCUT2D eigenvalue weighted by Crippen LogP contribution is 2.14. The van der Waals surface area contributed by atoms with Gasteiger partial charge in [0.15, 0.2) is 0 Å². The number of pyridine rings is 1. The molecule has 2 aliphatic rings. The van der Waals surface area contributed by atoms with Gasteiger partial charge in [0.25, 0.3) is 0 Å². The molecular formula is C18H31Cl2N5O. The van der Waals surface area contributed by atoms with E-state index in [1.54, 1.807) is 0 Å². The first-order chi connectivity index (χ1) is 11.8. The van der Waals surface area contributed by atoms with Gasteiger partial charge in [0.05, 0.1) is 0 Å². The molecule has 0 radical (unpaired) electrons. The Morgan fingerprint density at radius 3 is 2.62 bits per heavy atom.